The van der Waals surface area contributed by atoms with E-state index in [0.29, 0.717) is 44.2 Å². The fraction of sp³-hybridized carbons (Fsp3) is 0.0526. The molecule has 0 bridgehead atoms. The van der Waals surface area contributed by atoms with Crippen molar-refractivity contribution in [2.24, 2.45) is 0 Å². The Bertz CT molecular complexity index is 1060. The van der Waals surface area contributed by atoms with E-state index in [4.69, 9.17) is 20.8 Å². The number of rotatable bonds is 2. The lowest BCUT2D eigenvalue weighted by molar-refractivity contribution is -0.105. The Balaban J connectivity index is 2.05. The van der Waals surface area contributed by atoms with E-state index < -0.39 is 0 Å². The lowest BCUT2D eigenvalue weighted by Crippen LogP contribution is -2.10. The van der Waals surface area contributed by atoms with Crippen LogP contribution in [0.4, 0.5) is 0 Å². The Morgan fingerprint density at radius 2 is 1.96 bits per heavy atom. The molecule has 0 aliphatic carbocycles. The summed E-state index contributed by atoms with van der Waals surface area (Å²) in [5, 5.41) is 0.918. The highest BCUT2D eigenvalue weighted by atomic mass is 35.5. The number of carbonyl (C=O) groups is 1. The van der Waals surface area contributed by atoms with Crippen molar-refractivity contribution in [3.63, 3.8) is 0 Å². The molecule has 1 aliphatic heterocycles. The Morgan fingerprint density at radius 1 is 1.12 bits per heavy atom. The third kappa shape index (κ3) is 2.32. The quantitative estimate of drug-likeness (QED) is 0.660. The number of halogens is 1. The number of ether oxygens (including phenoxy) is 1. The fourth-order valence-corrected chi connectivity index (χ4v) is 2.96. The highest BCUT2D eigenvalue weighted by Gasteiger charge is 2.18. The van der Waals surface area contributed by atoms with E-state index in [1.54, 1.807) is 36.4 Å². The summed E-state index contributed by atoms with van der Waals surface area (Å²) >= 11 is 6.21. The maximum atomic E-state index is 12.5. The third-order valence-corrected chi connectivity index (χ3v) is 4.24. The minimum absolute atomic E-state index is 0.180. The average molecular weight is 339 g/mol. The Hall–Kier alpha value is -2.85. The Kier molecular flexibility index (Phi) is 3.47. The summed E-state index contributed by atoms with van der Waals surface area (Å²) < 4.78 is 11.5. The van der Waals surface area contributed by atoms with Gasteiger partial charge in [0, 0.05) is 17.2 Å². The van der Waals surface area contributed by atoms with Gasteiger partial charge in [0.05, 0.1) is 16.0 Å². The topological polar surface area (TPSA) is 56.5 Å². The van der Waals surface area contributed by atoms with Crippen LogP contribution in [-0.4, -0.2) is 12.9 Å². The summed E-state index contributed by atoms with van der Waals surface area (Å²) in [6.07, 6.45) is 2.42. The van der Waals surface area contributed by atoms with Crippen LogP contribution in [0.15, 0.2) is 57.2 Å². The molecule has 1 aromatic heterocycles. The maximum Gasteiger partial charge on any atom is 0.193 e. The first-order chi connectivity index (χ1) is 11.7. The zero-order valence-corrected chi connectivity index (χ0v) is 13.2. The summed E-state index contributed by atoms with van der Waals surface area (Å²) in [4.78, 5) is 23.5. The van der Waals surface area contributed by atoms with E-state index in [2.05, 4.69) is 0 Å². The van der Waals surface area contributed by atoms with Crippen LogP contribution in [-0.2, 0) is 4.79 Å². The molecule has 4 nitrogen and oxygen atoms in total. The third-order valence-electron chi connectivity index (χ3n) is 3.91. The average Bonchev–Trinajstić information content (AvgIpc) is 2.61. The number of benzene rings is 2. The molecule has 5 heteroatoms. The van der Waals surface area contributed by atoms with Gasteiger partial charge in [0.2, 0.25) is 0 Å². The molecule has 0 saturated carbocycles. The number of hydrogen-bond donors (Lipinski definition) is 0. The van der Waals surface area contributed by atoms with Crippen molar-refractivity contribution >= 4 is 34.9 Å². The van der Waals surface area contributed by atoms with Crippen molar-refractivity contribution in [1.82, 2.24) is 0 Å². The molecule has 4 rings (SSSR count). The highest BCUT2D eigenvalue weighted by Crippen LogP contribution is 2.35. The van der Waals surface area contributed by atoms with Gasteiger partial charge in [-0.3, -0.25) is 9.59 Å². The molecule has 0 radical (unpaired) electrons. The number of carbonyl (C=O) groups excluding carboxylic acids is 1. The first-order valence-corrected chi connectivity index (χ1v) is 7.69. The van der Waals surface area contributed by atoms with E-state index >= 15 is 0 Å². The minimum atomic E-state index is -0.180. The second-order valence-electron chi connectivity index (χ2n) is 5.43. The van der Waals surface area contributed by atoms with Gasteiger partial charge in [-0.1, -0.05) is 23.7 Å². The zero-order valence-electron chi connectivity index (χ0n) is 12.4. The van der Waals surface area contributed by atoms with Gasteiger partial charge in [0.1, 0.15) is 30.0 Å². The summed E-state index contributed by atoms with van der Waals surface area (Å²) in [5.41, 5.74) is 1.91. The molecule has 3 aromatic rings. The van der Waals surface area contributed by atoms with Crippen molar-refractivity contribution < 1.29 is 13.9 Å². The summed E-state index contributed by atoms with van der Waals surface area (Å²) in [6.45, 7) is 0.205. The molecule has 0 N–H and O–H groups in total. The maximum absolute atomic E-state index is 12.5. The molecule has 24 heavy (non-hydrogen) atoms. The lowest BCUT2D eigenvalue weighted by Gasteiger charge is -2.16. The van der Waals surface area contributed by atoms with Crippen molar-refractivity contribution in [1.29, 1.82) is 0 Å². The smallest absolute Gasteiger partial charge is 0.193 e. The van der Waals surface area contributed by atoms with Crippen LogP contribution >= 0.6 is 11.6 Å². The molecule has 0 unspecified atom stereocenters. The van der Waals surface area contributed by atoms with Gasteiger partial charge in [0.25, 0.3) is 0 Å². The second-order valence-corrected chi connectivity index (χ2v) is 5.84. The van der Waals surface area contributed by atoms with Crippen LogP contribution in [0.2, 0.25) is 5.02 Å². The SMILES string of the molecule is O=CC1=Cc2c(ccc3c(=O)cc(-c4ccccc4Cl)oc23)OC1. The fourth-order valence-electron chi connectivity index (χ4n) is 2.73. The highest BCUT2D eigenvalue weighted by molar-refractivity contribution is 6.33. The van der Waals surface area contributed by atoms with Crippen LogP contribution in [0.1, 0.15) is 5.56 Å². The molecule has 0 saturated heterocycles. The molecule has 0 atom stereocenters. The predicted molar refractivity (Wildman–Crippen MR) is 92.5 cm³/mol. The molecule has 0 spiro atoms. The molecule has 0 fully saturated rings. The lowest BCUT2D eigenvalue weighted by atomic mass is 10.0. The first-order valence-electron chi connectivity index (χ1n) is 7.31. The normalized spacial score (nSPS) is 13.1. The minimum Gasteiger partial charge on any atom is -0.488 e. The molecule has 2 aromatic carbocycles. The van der Waals surface area contributed by atoms with Crippen molar-refractivity contribution in [3.8, 4) is 17.1 Å². The van der Waals surface area contributed by atoms with E-state index in [1.807, 2.05) is 6.07 Å². The molecule has 1 aliphatic rings. The number of hydrogen-bond acceptors (Lipinski definition) is 4. The van der Waals surface area contributed by atoms with Gasteiger partial charge >= 0.3 is 0 Å². The second kappa shape index (κ2) is 5.65. The standard InChI is InChI=1S/C19H11ClO4/c20-15-4-2-1-3-12(15)18-8-16(22)13-5-6-17-14(19(13)24-18)7-11(9-21)10-23-17/h1-9H,10H2. The first kappa shape index (κ1) is 14.7. The van der Waals surface area contributed by atoms with Gasteiger partial charge in [-0.2, -0.15) is 0 Å². The van der Waals surface area contributed by atoms with Crippen LogP contribution < -0.4 is 10.2 Å². The van der Waals surface area contributed by atoms with Gasteiger partial charge < -0.3 is 9.15 Å². The summed E-state index contributed by atoms with van der Waals surface area (Å²) in [5.74, 6) is 0.950. The molecular weight excluding hydrogens is 328 g/mol. The van der Waals surface area contributed by atoms with E-state index in [1.165, 1.54) is 6.07 Å². The van der Waals surface area contributed by atoms with Gasteiger partial charge in [-0.25, -0.2) is 0 Å². The Morgan fingerprint density at radius 3 is 2.75 bits per heavy atom. The van der Waals surface area contributed by atoms with Crippen LogP contribution in [0, 0.1) is 0 Å². The molecule has 2 heterocycles. The monoisotopic (exact) mass is 338 g/mol. The van der Waals surface area contributed by atoms with E-state index in [0.717, 1.165) is 6.29 Å². The summed E-state index contributed by atoms with van der Waals surface area (Å²) in [7, 11) is 0. The van der Waals surface area contributed by atoms with Crippen molar-refractivity contribution in [2.45, 2.75) is 0 Å². The molecular formula is C19H11ClO4. The summed E-state index contributed by atoms with van der Waals surface area (Å²) in [6, 6.07) is 11.9. The van der Waals surface area contributed by atoms with Crippen molar-refractivity contribution in [2.75, 3.05) is 6.61 Å². The van der Waals surface area contributed by atoms with E-state index in [9.17, 15) is 9.59 Å². The molecule has 118 valence electrons. The van der Waals surface area contributed by atoms with Crippen molar-refractivity contribution in [3.05, 3.63) is 68.8 Å². The number of fused-ring (bicyclic) bond motifs is 3. The van der Waals surface area contributed by atoms with Crippen LogP contribution in [0.3, 0.4) is 0 Å². The van der Waals surface area contributed by atoms with Crippen LogP contribution in [0.5, 0.6) is 5.75 Å². The zero-order chi connectivity index (χ0) is 16.7. The Labute approximate surface area is 141 Å². The van der Waals surface area contributed by atoms with Gasteiger partial charge in [0.15, 0.2) is 5.43 Å². The van der Waals surface area contributed by atoms with Gasteiger partial charge in [-0.15, -0.1) is 0 Å². The van der Waals surface area contributed by atoms with Crippen LogP contribution in [0.25, 0.3) is 28.4 Å². The number of aldehydes is 1. The molecule has 0 amide bonds. The van der Waals surface area contributed by atoms with E-state index in [-0.39, 0.29) is 12.0 Å². The largest absolute Gasteiger partial charge is 0.488 e. The van der Waals surface area contributed by atoms with Gasteiger partial charge in [-0.05, 0) is 30.3 Å². The predicted octanol–water partition coefficient (Wildman–Crippen LogP) is 4.09.